The summed E-state index contributed by atoms with van der Waals surface area (Å²) in [7, 11) is 1.81. The quantitative estimate of drug-likeness (QED) is 0.162. The van der Waals surface area contributed by atoms with Gasteiger partial charge in [0.2, 0.25) is 6.34 Å². The Kier molecular flexibility index (Phi) is 7.06. The monoisotopic (exact) mass is 283 g/mol. The molecule has 0 bridgehead atoms. The summed E-state index contributed by atoms with van der Waals surface area (Å²) in [6.45, 7) is 5.00. The first-order valence-electron chi connectivity index (χ1n) is 6.31. The van der Waals surface area contributed by atoms with E-state index in [-0.39, 0.29) is 13.3 Å². The van der Waals surface area contributed by atoms with E-state index >= 15 is 0 Å². The van der Waals surface area contributed by atoms with Crippen molar-refractivity contribution in [3.05, 3.63) is 0 Å². The number of hydrogen-bond acceptors (Lipinski definition) is 6. The standard InChI is InChI=1S/C12H19N4O4/c1-3-19-12(17)11(8-13)14-20-10-15(2)9-16-4-6-18-7-5-16/h9H,3-7,10H2,1-2H3/q+1/b14-11+. The van der Waals surface area contributed by atoms with Crippen LogP contribution >= 0.6 is 0 Å². The largest absolute Gasteiger partial charge is 0.461 e. The highest BCUT2D eigenvalue weighted by Gasteiger charge is 2.13. The van der Waals surface area contributed by atoms with E-state index in [1.54, 1.807) is 24.9 Å². The van der Waals surface area contributed by atoms with Crippen molar-refractivity contribution >= 4 is 18.0 Å². The van der Waals surface area contributed by atoms with Gasteiger partial charge in [0.05, 0.1) is 26.9 Å². The number of oxime groups is 1. The Morgan fingerprint density at radius 2 is 2.25 bits per heavy atom. The number of ether oxygens (including phenoxy) is 2. The second-order valence-corrected chi connectivity index (χ2v) is 4.05. The number of rotatable bonds is 6. The molecule has 1 aliphatic rings. The minimum atomic E-state index is -0.783. The van der Waals surface area contributed by atoms with Crippen LogP contribution in [0, 0.1) is 11.3 Å². The lowest BCUT2D eigenvalue weighted by atomic mass is 10.4. The number of carbonyl (C=O) groups excluding carboxylic acids is 1. The van der Waals surface area contributed by atoms with Crippen molar-refractivity contribution in [3.63, 3.8) is 0 Å². The highest BCUT2D eigenvalue weighted by atomic mass is 16.6. The van der Waals surface area contributed by atoms with Gasteiger partial charge in [0.15, 0.2) is 0 Å². The first-order valence-corrected chi connectivity index (χ1v) is 6.31. The summed E-state index contributed by atoms with van der Waals surface area (Å²) < 4.78 is 12.0. The van der Waals surface area contributed by atoms with Crippen LogP contribution in [0.2, 0.25) is 0 Å². The van der Waals surface area contributed by atoms with Gasteiger partial charge in [-0.15, -0.1) is 0 Å². The molecule has 1 saturated heterocycles. The van der Waals surface area contributed by atoms with Gasteiger partial charge in [-0.1, -0.05) is 5.16 Å². The minimum Gasteiger partial charge on any atom is -0.461 e. The molecule has 0 spiro atoms. The second-order valence-electron chi connectivity index (χ2n) is 4.05. The Morgan fingerprint density at radius 3 is 2.85 bits per heavy atom. The van der Waals surface area contributed by atoms with Crippen molar-refractivity contribution in [2.75, 3.05) is 46.7 Å². The van der Waals surface area contributed by atoms with Gasteiger partial charge in [-0.25, -0.2) is 9.69 Å². The molecule has 1 rings (SSSR count). The Morgan fingerprint density at radius 1 is 1.55 bits per heavy atom. The summed E-state index contributed by atoms with van der Waals surface area (Å²) >= 11 is 0. The third-order valence-electron chi connectivity index (χ3n) is 2.40. The average molecular weight is 283 g/mol. The Balaban J connectivity index is 2.41. The molecule has 20 heavy (non-hydrogen) atoms. The van der Waals surface area contributed by atoms with Crippen LogP contribution in [0.3, 0.4) is 0 Å². The van der Waals surface area contributed by atoms with E-state index in [9.17, 15) is 4.79 Å². The van der Waals surface area contributed by atoms with Crippen LogP contribution in [0.15, 0.2) is 5.16 Å². The summed E-state index contributed by atoms with van der Waals surface area (Å²) in [5.74, 6) is -0.783. The third-order valence-corrected chi connectivity index (χ3v) is 2.40. The highest BCUT2D eigenvalue weighted by molar-refractivity contribution is 6.42. The fourth-order valence-electron chi connectivity index (χ4n) is 1.49. The van der Waals surface area contributed by atoms with Gasteiger partial charge in [0.1, 0.15) is 19.2 Å². The predicted octanol–water partition coefficient (Wildman–Crippen LogP) is -0.594. The summed E-state index contributed by atoms with van der Waals surface area (Å²) in [5.41, 5.74) is -0.397. The SMILES string of the molecule is CCOC(=O)/C(C#N)=N/OCN(C)C=[N+]1CCOCC1. The van der Waals surface area contributed by atoms with Crippen LogP contribution < -0.4 is 0 Å². The molecule has 0 aromatic carbocycles. The van der Waals surface area contributed by atoms with E-state index in [0.717, 1.165) is 13.1 Å². The van der Waals surface area contributed by atoms with Gasteiger partial charge < -0.3 is 14.3 Å². The highest BCUT2D eigenvalue weighted by Crippen LogP contribution is 1.91. The average Bonchev–Trinajstić information content (AvgIpc) is 2.45. The molecular formula is C12H19N4O4+. The fraction of sp³-hybridized carbons (Fsp3) is 0.667. The molecule has 0 atom stereocenters. The molecule has 8 heteroatoms. The van der Waals surface area contributed by atoms with E-state index in [1.165, 1.54) is 0 Å². The minimum absolute atomic E-state index is 0.127. The molecule has 1 heterocycles. The molecule has 110 valence electrons. The Labute approximate surface area is 117 Å². The summed E-state index contributed by atoms with van der Waals surface area (Å²) in [6.07, 6.45) is 1.88. The molecule has 0 aromatic heterocycles. The molecule has 0 unspecified atom stereocenters. The maximum absolute atomic E-state index is 11.3. The van der Waals surface area contributed by atoms with E-state index < -0.39 is 11.7 Å². The molecule has 0 N–H and O–H groups in total. The van der Waals surface area contributed by atoms with Crippen LogP contribution in [0.5, 0.6) is 0 Å². The maximum Gasteiger partial charge on any atom is 0.371 e. The molecular weight excluding hydrogens is 264 g/mol. The van der Waals surface area contributed by atoms with Gasteiger partial charge in [0.25, 0.3) is 12.4 Å². The van der Waals surface area contributed by atoms with E-state index in [2.05, 4.69) is 14.5 Å². The smallest absolute Gasteiger partial charge is 0.371 e. The van der Waals surface area contributed by atoms with Crippen LogP contribution in [-0.4, -0.2) is 74.2 Å². The number of carbonyl (C=O) groups is 1. The molecule has 0 amide bonds. The first kappa shape index (κ1) is 15.9. The van der Waals surface area contributed by atoms with E-state index in [0.29, 0.717) is 13.2 Å². The van der Waals surface area contributed by atoms with Crippen LogP contribution in [0.25, 0.3) is 0 Å². The molecule has 1 fully saturated rings. The van der Waals surface area contributed by atoms with E-state index in [4.69, 9.17) is 14.8 Å². The Hall–Kier alpha value is -2.14. The predicted molar refractivity (Wildman–Crippen MR) is 70.3 cm³/mol. The Bertz CT molecular complexity index is 420. The molecule has 0 aliphatic carbocycles. The number of esters is 1. The summed E-state index contributed by atoms with van der Waals surface area (Å²) in [4.78, 5) is 18.0. The lowest BCUT2D eigenvalue weighted by Crippen LogP contribution is -2.34. The lowest BCUT2D eigenvalue weighted by molar-refractivity contribution is -0.549. The van der Waals surface area contributed by atoms with Crippen molar-refractivity contribution in [3.8, 4) is 6.07 Å². The van der Waals surface area contributed by atoms with E-state index in [1.807, 2.05) is 6.34 Å². The van der Waals surface area contributed by atoms with Crippen molar-refractivity contribution in [2.45, 2.75) is 6.92 Å². The van der Waals surface area contributed by atoms with Gasteiger partial charge in [-0.3, -0.25) is 4.58 Å². The van der Waals surface area contributed by atoms with Crippen LogP contribution in [0.4, 0.5) is 0 Å². The fourth-order valence-corrected chi connectivity index (χ4v) is 1.49. The number of nitriles is 1. The normalized spacial score (nSPS) is 15.2. The number of nitrogens with zero attached hydrogens (tertiary/aromatic N) is 4. The van der Waals surface area contributed by atoms with Crippen LogP contribution in [0.1, 0.15) is 6.92 Å². The zero-order valence-corrected chi connectivity index (χ0v) is 11.7. The molecule has 0 aromatic rings. The zero-order chi connectivity index (χ0) is 14.8. The van der Waals surface area contributed by atoms with Gasteiger partial charge >= 0.3 is 5.97 Å². The summed E-state index contributed by atoms with van der Waals surface area (Å²) in [5, 5.41) is 12.2. The first-order chi connectivity index (χ1) is 9.67. The lowest BCUT2D eigenvalue weighted by Gasteiger charge is -2.15. The van der Waals surface area contributed by atoms with Gasteiger partial charge in [0, 0.05) is 0 Å². The molecule has 8 nitrogen and oxygen atoms in total. The number of hydrogen-bond donors (Lipinski definition) is 0. The van der Waals surface area contributed by atoms with Crippen molar-refractivity contribution in [1.82, 2.24) is 4.90 Å². The molecule has 1 aliphatic heterocycles. The zero-order valence-electron chi connectivity index (χ0n) is 11.7. The maximum atomic E-state index is 11.3. The topological polar surface area (TPSA) is 87.2 Å². The van der Waals surface area contributed by atoms with Crippen molar-refractivity contribution in [2.24, 2.45) is 5.16 Å². The second kappa shape index (κ2) is 8.87. The summed E-state index contributed by atoms with van der Waals surface area (Å²) in [6, 6.07) is 1.64. The van der Waals surface area contributed by atoms with Gasteiger partial charge in [-0.05, 0) is 6.92 Å². The molecule has 0 radical (unpaired) electrons. The van der Waals surface area contributed by atoms with Crippen molar-refractivity contribution < 1.29 is 23.7 Å². The third kappa shape index (κ3) is 5.67. The van der Waals surface area contributed by atoms with Crippen molar-refractivity contribution in [1.29, 1.82) is 5.26 Å². The van der Waals surface area contributed by atoms with Gasteiger partial charge in [-0.2, -0.15) is 5.26 Å². The van der Waals surface area contributed by atoms with Crippen LogP contribution in [-0.2, 0) is 19.1 Å². The molecule has 0 saturated carbocycles. The number of morpholine rings is 1.